The molecule has 0 unspecified atom stereocenters. The van der Waals surface area contributed by atoms with Crippen LogP contribution in [0.5, 0.6) is 5.75 Å². The summed E-state index contributed by atoms with van der Waals surface area (Å²) in [5.74, 6) is 1.78. The van der Waals surface area contributed by atoms with Crippen LogP contribution in [-0.2, 0) is 12.8 Å². The maximum absolute atomic E-state index is 5.41. The first kappa shape index (κ1) is 18.8. The molecule has 142 valence electrons. The Bertz CT molecular complexity index is 885. The van der Waals surface area contributed by atoms with E-state index in [4.69, 9.17) is 9.73 Å². The lowest BCUT2D eigenvalue weighted by molar-refractivity contribution is 0.410. The van der Waals surface area contributed by atoms with Gasteiger partial charge in [-0.3, -0.25) is 4.99 Å². The van der Waals surface area contributed by atoms with E-state index in [9.17, 15) is 0 Å². The van der Waals surface area contributed by atoms with Crippen LogP contribution in [0.3, 0.4) is 0 Å². The van der Waals surface area contributed by atoms with Gasteiger partial charge in [0.2, 0.25) is 0 Å². The molecule has 0 aliphatic heterocycles. The molecule has 0 fully saturated rings. The molecule has 0 spiro atoms. The smallest absolute Gasteiger partial charge is 0.191 e. The highest BCUT2D eigenvalue weighted by Gasteiger charge is 2.04. The maximum Gasteiger partial charge on any atom is 0.191 e. The zero-order chi connectivity index (χ0) is 18.9. The first-order valence-corrected chi connectivity index (χ1v) is 9.51. The Morgan fingerprint density at radius 1 is 1.00 bits per heavy atom. The summed E-state index contributed by atoms with van der Waals surface area (Å²) in [5, 5.41) is 8.04. The SMILES string of the molecule is CCNC(=NCCc1ccccc1OC)NCCc1c[nH]c2ccccc12. The second kappa shape index (κ2) is 9.67. The second-order valence-corrected chi connectivity index (χ2v) is 6.36. The highest BCUT2D eigenvalue weighted by atomic mass is 16.5. The number of guanidine groups is 1. The minimum Gasteiger partial charge on any atom is -0.496 e. The number of nitrogens with one attached hydrogen (secondary N) is 3. The van der Waals surface area contributed by atoms with E-state index in [-0.39, 0.29) is 0 Å². The van der Waals surface area contributed by atoms with Crippen LogP contribution in [0.15, 0.2) is 59.7 Å². The molecule has 1 aromatic heterocycles. The first-order chi connectivity index (χ1) is 13.3. The highest BCUT2D eigenvalue weighted by molar-refractivity contribution is 5.83. The lowest BCUT2D eigenvalue weighted by Gasteiger charge is -2.11. The van der Waals surface area contributed by atoms with E-state index in [2.05, 4.69) is 59.1 Å². The summed E-state index contributed by atoms with van der Waals surface area (Å²) < 4.78 is 5.41. The normalized spacial score (nSPS) is 11.6. The van der Waals surface area contributed by atoms with Crippen molar-refractivity contribution in [3.8, 4) is 5.75 Å². The maximum atomic E-state index is 5.41. The van der Waals surface area contributed by atoms with Crippen LogP contribution in [0.1, 0.15) is 18.1 Å². The minimum absolute atomic E-state index is 0.711. The van der Waals surface area contributed by atoms with Crippen LogP contribution in [-0.4, -0.2) is 37.7 Å². The van der Waals surface area contributed by atoms with Crippen molar-refractivity contribution in [3.63, 3.8) is 0 Å². The number of ether oxygens (including phenoxy) is 1. The van der Waals surface area contributed by atoms with Crippen molar-refractivity contribution < 1.29 is 4.74 Å². The summed E-state index contributed by atoms with van der Waals surface area (Å²) in [7, 11) is 1.71. The van der Waals surface area contributed by atoms with Gasteiger partial charge in [0.15, 0.2) is 5.96 Å². The lowest BCUT2D eigenvalue weighted by Crippen LogP contribution is -2.38. The van der Waals surface area contributed by atoms with Crippen molar-refractivity contribution in [2.75, 3.05) is 26.7 Å². The van der Waals surface area contributed by atoms with E-state index in [1.165, 1.54) is 22.0 Å². The van der Waals surface area contributed by atoms with Crippen LogP contribution in [0.4, 0.5) is 0 Å². The van der Waals surface area contributed by atoms with Crippen molar-refractivity contribution in [1.82, 2.24) is 15.6 Å². The molecule has 3 N–H and O–H groups in total. The van der Waals surface area contributed by atoms with E-state index >= 15 is 0 Å². The third-order valence-corrected chi connectivity index (χ3v) is 4.55. The van der Waals surface area contributed by atoms with Gasteiger partial charge >= 0.3 is 0 Å². The van der Waals surface area contributed by atoms with Crippen molar-refractivity contribution >= 4 is 16.9 Å². The summed E-state index contributed by atoms with van der Waals surface area (Å²) >= 11 is 0. The molecule has 5 heteroatoms. The zero-order valence-corrected chi connectivity index (χ0v) is 16.1. The number of nitrogens with zero attached hydrogens (tertiary/aromatic N) is 1. The average molecular weight is 364 g/mol. The molecule has 0 saturated heterocycles. The lowest BCUT2D eigenvalue weighted by atomic mass is 10.1. The molecule has 3 rings (SSSR count). The molecule has 2 aromatic carbocycles. The molecule has 0 radical (unpaired) electrons. The molecule has 3 aromatic rings. The van der Waals surface area contributed by atoms with Crippen LogP contribution < -0.4 is 15.4 Å². The Hall–Kier alpha value is -2.95. The number of H-pyrrole nitrogens is 1. The summed E-state index contributed by atoms with van der Waals surface area (Å²) in [4.78, 5) is 8.03. The van der Waals surface area contributed by atoms with Gasteiger partial charge in [-0.25, -0.2) is 0 Å². The number of rotatable bonds is 8. The highest BCUT2D eigenvalue weighted by Crippen LogP contribution is 2.18. The summed E-state index contributed by atoms with van der Waals surface area (Å²) in [6, 6.07) is 16.5. The molecule has 0 atom stereocenters. The number of fused-ring (bicyclic) bond motifs is 1. The van der Waals surface area contributed by atoms with Crippen LogP contribution in [0, 0.1) is 0 Å². The van der Waals surface area contributed by atoms with E-state index < -0.39 is 0 Å². The zero-order valence-electron chi connectivity index (χ0n) is 16.1. The predicted molar refractivity (Wildman–Crippen MR) is 113 cm³/mol. The minimum atomic E-state index is 0.711. The number of methoxy groups -OCH3 is 1. The van der Waals surface area contributed by atoms with Crippen LogP contribution >= 0.6 is 0 Å². The topological polar surface area (TPSA) is 61.4 Å². The van der Waals surface area contributed by atoms with Crippen LogP contribution in [0.2, 0.25) is 0 Å². The molecule has 1 heterocycles. The third-order valence-electron chi connectivity index (χ3n) is 4.55. The molecule has 0 aliphatic carbocycles. The van der Waals surface area contributed by atoms with Crippen molar-refractivity contribution in [2.24, 2.45) is 4.99 Å². The van der Waals surface area contributed by atoms with Gasteiger partial charge < -0.3 is 20.4 Å². The van der Waals surface area contributed by atoms with Crippen molar-refractivity contribution in [2.45, 2.75) is 19.8 Å². The molecule has 0 aliphatic rings. The largest absolute Gasteiger partial charge is 0.496 e. The van der Waals surface area contributed by atoms with E-state index in [0.29, 0.717) is 6.54 Å². The van der Waals surface area contributed by atoms with Gasteiger partial charge in [0, 0.05) is 36.7 Å². The van der Waals surface area contributed by atoms with E-state index in [1.54, 1.807) is 7.11 Å². The molecular weight excluding hydrogens is 336 g/mol. The number of aromatic nitrogens is 1. The fourth-order valence-corrected chi connectivity index (χ4v) is 3.19. The summed E-state index contributed by atoms with van der Waals surface area (Å²) in [6.07, 6.45) is 3.89. The number of aromatic amines is 1. The number of benzene rings is 2. The Balaban J connectivity index is 1.54. The molecular formula is C22H28N4O. The Morgan fingerprint density at radius 3 is 2.67 bits per heavy atom. The molecule has 5 nitrogen and oxygen atoms in total. The van der Waals surface area contributed by atoms with Gasteiger partial charge in [0.25, 0.3) is 0 Å². The fraction of sp³-hybridized carbons (Fsp3) is 0.318. The second-order valence-electron chi connectivity index (χ2n) is 6.36. The monoisotopic (exact) mass is 364 g/mol. The van der Waals surface area contributed by atoms with E-state index in [1.807, 2.05) is 18.2 Å². The molecule has 0 saturated carbocycles. The number of aliphatic imine (C=N–C) groups is 1. The quantitative estimate of drug-likeness (QED) is 0.423. The summed E-state index contributed by atoms with van der Waals surface area (Å²) in [5.41, 5.74) is 3.69. The Labute approximate surface area is 160 Å². The first-order valence-electron chi connectivity index (χ1n) is 9.51. The van der Waals surface area contributed by atoms with E-state index in [0.717, 1.165) is 37.6 Å². The number of hydrogen-bond donors (Lipinski definition) is 3. The van der Waals surface area contributed by atoms with Gasteiger partial charge in [0.05, 0.1) is 7.11 Å². The predicted octanol–water partition coefficient (Wildman–Crippen LogP) is 3.52. The van der Waals surface area contributed by atoms with Crippen molar-refractivity contribution in [3.05, 3.63) is 65.9 Å². The molecule has 27 heavy (non-hydrogen) atoms. The molecule has 0 amide bonds. The van der Waals surface area contributed by atoms with Crippen LogP contribution in [0.25, 0.3) is 10.9 Å². The van der Waals surface area contributed by atoms with Gasteiger partial charge in [-0.2, -0.15) is 0 Å². The van der Waals surface area contributed by atoms with Gasteiger partial charge in [-0.1, -0.05) is 36.4 Å². The van der Waals surface area contributed by atoms with Gasteiger partial charge in [-0.15, -0.1) is 0 Å². The third kappa shape index (κ3) is 5.03. The Morgan fingerprint density at radius 2 is 1.81 bits per heavy atom. The van der Waals surface area contributed by atoms with Gasteiger partial charge in [-0.05, 0) is 43.0 Å². The average Bonchev–Trinajstić information content (AvgIpc) is 3.11. The molecule has 0 bridgehead atoms. The fourth-order valence-electron chi connectivity index (χ4n) is 3.19. The standard InChI is InChI=1S/C22H28N4O/c1-3-23-22(24-14-12-17-8-4-7-11-21(17)27-2)25-15-13-18-16-26-20-10-6-5-9-19(18)20/h4-11,16,26H,3,12-15H2,1-2H3,(H2,23,24,25). The number of hydrogen-bond acceptors (Lipinski definition) is 2. The van der Waals surface area contributed by atoms with Crippen molar-refractivity contribution in [1.29, 1.82) is 0 Å². The van der Waals surface area contributed by atoms with Gasteiger partial charge in [0.1, 0.15) is 5.75 Å². The number of para-hydroxylation sites is 2. The Kier molecular flexibility index (Phi) is 6.74. The summed E-state index contributed by atoms with van der Waals surface area (Å²) in [6.45, 7) is 4.47.